The number of Topliss-reactive ketones (excluding diaryl/α,β-unsaturated/α-hetero) is 1. The van der Waals surface area contributed by atoms with Crippen LogP contribution < -0.4 is 9.97 Å². The summed E-state index contributed by atoms with van der Waals surface area (Å²) in [4.78, 5) is 56.8. The van der Waals surface area contributed by atoms with Crippen LogP contribution in [0.25, 0.3) is 0 Å². The van der Waals surface area contributed by atoms with Gasteiger partial charge in [-0.1, -0.05) is 18.2 Å². The average Bonchev–Trinajstić information content (AvgIpc) is 2.87. The number of carbonyl (C=O) groups excluding carboxylic acids is 4. The summed E-state index contributed by atoms with van der Waals surface area (Å²) in [5, 5.41) is 22.6. The Balaban J connectivity index is 1.52. The van der Waals surface area contributed by atoms with Crippen molar-refractivity contribution in [3.8, 4) is 11.5 Å². The maximum absolute atomic E-state index is 13.4. The number of nitrogens with one attached hydrogen (secondary N) is 1. The normalized spacial score (nSPS) is 18.2. The van der Waals surface area contributed by atoms with E-state index < -0.39 is 49.3 Å². The Hall–Kier alpha value is -4.00. The van der Waals surface area contributed by atoms with Gasteiger partial charge in [-0.3, -0.25) is 24.3 Å². The smallest absolute Gasteiger partial charge is 0.526 e. The summed E-state index contributed by atoms with van der Waals surface area (Å²) < 4.78 is 18.3. The Kier molecular flexibility index (Phi) is 7.72. The predicted octanol–water partition coefficient (Wildman–Crippen LogP) is 0.932. The fraction of sp³-hybridized carbons (Fsp3) is 0.375. The molecule has 2 atom stereocenters. The van der Waals surface area contributed by atoms with Gasteiger partial charge in [0.05, 0.1) is 11.9 Å². The molecule has 3 heterocycles. The van der Waals surface area contributed by atoms with Crippen molar-refractivity contribution in [1.29, 1.82) is 0 Å². The zero-order valence-electron chi connectivity index (χ0n) is 20.1. The minimum Gasteiger partial charge on any atom is -0.536 e. The van der Waals surface area contributed by atoms with Crippen molar-refractivity contribution in [2.24, 2.45) is 0 Å². The minimum absolute atomic E-state index is 0.0393. The first-order chi connectivity index (χ1) is 17.7. The molecule has 194 valence electrons. The van der Waals surface area contributed by atoms with Gasteiger partial charge in [0.1, 0.15) is 24.2 Å². The second kappa shape index (κ2) is 11.0. The predicted molar refractivity (Wildman–Crippen MR) is 128 cm³/mol. The molecule has 4 amide bonds. The van der Waals surface area contributed by atoms with Crippen LogP contribution >= 0.6 is 0 Å². The lowest BCUT2D eigenvalue weighted by Crippen LogP contribution is -2.59. The van der Waals surface area contributed by atoms with E-state index in [1.54, 1.807) is 0 Å². The summed E-state index contributed by atoms with van der Waals surface area (Å²) in [6, 6.07) is 5.84. The Labute approximate surface area is 212 Å². The van der Waals surface area contributed by atoms with Gasteiger partial charge in [0.15, 0.2) is 5.78 Å². The molecule has 1 aromatic carbocycles. The van der Waals surface area contributed by atoms with Gasteiger partial charge in [-0.2, -0.15) is 0 Å². The van der Waals surface area contributed by atoms with Crippen molar-refractivity contribution in [2.75, 3.05) is 26.3 Å². The maximum atomic E-state index is 13.4. The molecule has 1 fully saturated rings. The molecule has 0 spiro atoms. The van der Waals surface area contributed by atoms with Crippen LogP contribution in [0.15, 0.2) is 36.5 Å². The number of benzene rings is 1. The van der Waals surface area contributed by atoms with Crippen molar-refractivity contribution in [3.05, 3.63) is 53.3 Å². The molecule has 0 aliphatic carbocycles. The van der Waals surface area contributed by atoms with Crippen molar-refractivity contribution >= 4 is 30.7 Å². The highest BCUT2D eigenvalue weighted by molar-refractivity contribution is 6.46. The van der Waals surface area contributed by atoms with Gasteiger partial charge < -0.3 is 25.0 Å². The lowest BCUT2D eigenvalue weighted by Gasteiger charge is -2.33. The second-order valence-corrected chi connectivity index (χ2v) is 8.97. The fourth-order valence-electron chi connectivity index (χ4n) is 4.46. The molecule has 2 aromatic rings. The minimum atomic E-state index is -1.34. The van der Waals surface area contributed by atoms with Crippen LogP contribution in [0.2, 0.25) is 5.82 Å². The Morgan fingerprint density at radius 1 is 1.24 bits per heavy atom. The quantitative estimate of drug-likeness (QED) is 0.367. The SMILES string of the molecule is Cc1cccc2c1OB(O)[C@@H](CC(=O)C(NC(=O)N1CCN(CCF)C(=O)C1=O)c1ccc(O)cn1)C2. The number of urea groups is 1. The average molecular weight is 512 g/mol. The second-order valence-electron chi connectivity index (χ2n) is 8.97. The standard InChI is InChI=1S/C24H26BFN4O7/c1-14-3-2-4-15-11-16(25(36)37-21(14)15)12-19(32)20(18-6-5-17(31)13-27-18)28-24(35)30-10-9-29(8-7-26)22(33)23(30)34/h2-6,13,16,20,31,36H,7-12H2,1H3,(H,28,35)/t16-,20?/m1/s1. The molecule has 0 radical (unpaired) electrons. The highest BCUT2D eigenvalue weighted by Gasteiger charge is 2.40. The van der Waals surface area contributed by atoms with Gasteiger partial charge >= 0.3 is 25.0 Å². The summed E-state index contributed by atoms with van der Waals surface area (Å²) in [6.07, 6.45) is 1.26. The number of piperazine rings is 1. The van der Waals surface area contributed by atoms with Crippen LogP contribution in [0.5, 0.6) is 11.5 Å². The molecule has 0 saturated carbocycles. The van der Waals surface area contributed by atoms with Gasteiger partial charge in [-0.05, 0) is 36.6 Å². The molecule has 2 aliphatic heterocycles. The molecule has 1 aromatic heterocycles. The summed E-state index contributed by atoms with van der Waals surface area (Å²) >= 11 is 0. The van der Waals surface area contributed by atoms with Crippen molar-refractivity contribution in [2.45, 2.75) is 31.6 Å². The zero-order chi connectivity index (χ0) is 26.7. The van der Waals surface area contributed by atoms with E-state index in [4.69, 9.17) is 4.65 Å². The zero-order valence-corrected chi connectivity index (χ0v) is 20.1. The van der Waals surface area contributed by atoms with E-state index in [0.29, 0.717) is 17.1 Å². The van der Waals surface area contributed by atoms with Gasteiger partial charge in [-0.15, -0.1) is 0 Å². The number of alkyl halides is 1. The van der Waals surface area contributed by atoms with Crippen LogP contribution in [-0.2, 0) is 20.8 Å². The molecule has 0 bridgehead atoms. The van der Waals surface area contributed by atoms with Crippen LogP contribution in [0, 0.1) is 6.92 Å². The summed E-state index contributed by atoms with van der Waals surface area (Å²) in [5.41, 5.74) is 1.78. The lowest BCUT2D eigenvalue weighted by atomic mass is 9.64. The number of fused-ring (bicyclic) bond motifs is 1. The number of rotatable bonds is 7. The van der Waals surface area contributed by atoms with Gasteiger partial charge in [-0.25, -0.2) is 9.18 Å². The van der Waals surface area contributed by atoms with Crippen LogP contribution in [-0.4, -0.2) is 82.0 Å². The number of aromatic hydroxyl groups is 1. The van der Waals surface area contributed by atoms with Gasteiger partial charge in [0.2, 0.25) is 0 Å². The molecular formula is C24H26BFN4O7. The third-order valence-electron chi connectivity index (χ3n) is 6.45. The fourth-order valence-corrected chi connectivity index (χ4v) is 4.46. The number of hydrogen-bond acceptors (Lipinski definition) is 8. The first-order valence-electron chi connectivity index (χ1n) is 11.8. The number of carbonyl (C=O) groups is 4. The van der Waals surface area contributed by atoms with E-state index in [1.165, 1.54) is 12.1 Å². The number of imide groups is 1. The Bertz CT molecular complexity index is 1210. The maximum Gasteiger partial charge on any atom is 0.526 e. The number of hydrogen-bond donors (Lipinski definition) is 3. The molecule has 4 rings (SSSR count). The lowest BCUT2D eigenvalue weighted by molar-refractivity contribution is -0.153. The molecule has 11 nitrogen and oxygen atoms in total. The van der Waals surface area contributed by atoms with Gasteiger partial charge in [0, 0.05) is 31.9 Å². The molecule has 1 saturated heterocycles. The molecule has 3 N–H and O–H groups in total. The summed E-state index contributed by atoms with van der Waals surface area (Å²) in [6.45, 7) is 0.554. The molecule has 2 aliphatic rings. The number of nitrogens with zero attached hydrogens (tertiary/aromatic N) is 3. The van der Waals surface area contributed by atoms with E-state index >= 15 is 0 Å². The Morgan fingerprint density at radius 2 is 2.03 bits per heavy atom. The first kappa shape index (κ1) is 26.1. The van der Waals surface area contributed by atoms with E-state index in [2.05, 4.69) is 10.3 Å². The van der Waals surface area contributed by atoms with Gasteiger partial charge in [0.25, 0.3) is 0 Å². The third-order valence-corrected chi connectivity index (χ3v) is 6.45. The highest BCUT2D eigenvalue weighted by atomic mass is 19.1. The number of ketones is 1. The number of pyridine rings is 1. The first-order valence-corrected chi connectivity index (χ1v) is 11.8. The van der Waals surface area contributed by atoms with Crippen molar-refractivity contribution in [1.82, 2.24) is 20.1 Å². The third kappa shape index (κ3) is 5.56. The number of aryl methyl sites for hydroxylation is 1. The highest BCUT2D eigenvalue weighted by Crippen LogP contribution is 2.36. The molecule has 1 unspecified atom stereocenters. The van der Waals surface area contributed by atoms with E-state index in [9.17, 15) is 33.7 Å². The Morgan fingerprint density at radius 3 is 2.73 bits per heavy atom. The van der Waals surface area contributed by atoms with E-state index in [-0.39, 0.29) is 37.5 Å². The molecule has 37 heavy (non-hydrogen) atoms. The summed E-state index contributed by atoms with van der Waals surface area (Å²) in [7, 11) is -1.26. The monoisotopic (exact) mass is 512 g/mol. The summed E-state index contributed by atoms with van der Waals surface area (Å²) in [5.74, 6) is -2.88. The molecule has 13 heteroatoms. The van der Waals surface area contributed by atoms with Crippen LogP contribution in [0.3, 0.4) is 0 Å². The number of para-hydroxylation sites is 1. The molecular weight excluding hydrogens is 486 g/mol. The number of amides is 4. The topological polar surface area (TPSA) is 149 Å². The van der Waals surface area contributed by atoms with Crippen molar-refractivity contribution < 1.29 is 38.4 Å². The van der Waals surface area contributed by atoms with Crippen LogP contribution in [0.1, 0.15) is 29.3 Å². The van der Waals surface area contributed by atoms with E-state index in [0.717, 1.165) is 22.2 Å². The van der Waals surface area contributed by atoms with Crippen molar-refractivity contribution in [3.63, 3.8) is 0 Å². The largest absolute Gasteiger partial charge is 0.536 e. The van der Waals surface area contributed by atoms with Crippen LogP contribution in [0.4, 0.5) is 9.18 Å². The van der Waals surface area contributed by atoms with E-state index in [1.807, 2.05) is 25.1 Å². The number of aromatic nitrogens is 1. The number of halogens is 1.